The van der Waals surface area contributed by atoms with Gasteiger partial charge in [-0.25, -0.2) is 4.79 Å². The number of esters is 1. The Kier molecular flexibility index (Phi) is 6.42. The van der Waals surface area contributed by atoms with Crippen LogP contribution in [0.25, 0.3) is 10.8 Å². The third kappa shape index (κ3) is 5.15. The van der Waals surface area contributed by atoms with Crippen LogP contribution >= 0.6 is 0 Å². The van der Waals surface area contributed by atoms with E-state index in [4.69, 9.17) is 4.74 Å². The molecule has 0 heterocycles. The van der Waals surface area contributed by atoms with Crippen LogP contribution in [0.5, 0.6) is 5.75 Å². The second kappa shape index (κ2) is 8.76. The molecule has 0 radical (unpaired) electrons. The highest BCUT2D eigenvalue weighted by Crippen LogP contribution is 2.21. The lowest BCUT2D eigenvalue weighted by atomic mass is 10.1. The fourth-order valence-corrected chi connectivity index (χ4v) is 2.29. The van der Waals surface area contributed by atoms with Crippen molar-refractivity contribution < 1.29 is 19.1 Å². The van der Waals surface area contributed by atoms with Gasteiger partial charge in [0.25, 0.3) is 0 Å². The first kappa shape index (κ1) is 17.6. The molecule has 2 N–H and O–H groups in total. The molecule has 0 fully saturated rings. The smallest absolute Gasteiger partial charge is 0.315 e. The van der Waals surface area contributed by atoms with E-state index < -0.39 is 0 Å². The quantitative estimate of drug-likeness (QED) is 0.604. The van der Waals surface area contributed by atoms with E-state index in [0.29, 0.717) is 25.9 Å². The van der Waals surface area contributed by atoms with Gasteiger partial charge in [0.05, 0.1) is 14.2 Å². The van der Waals surface area contributed by atoms with Crippen LogP contribution in [0.3, 0.4) is 0 Å². The van der Waals surface area contributed by atoms with Gasteiger partial charge in [0.2, 0.25) is 0 Å². The van der Waals surface area contributed by atoms with Crippen LogP contribution in [0.15, 0.2) is 36.4 Å². The van der Waals surface area contributed by atoms with Crippen LogP contribution in [-0.2, 0) is 16.1 Å². The first-order valence-electron chi connectivity index (χ1n) is 7.77. The summed E-state index contributed by atoms with van der Waals surface area (Å²) in [6.45, 7) is 0.864. The number of urea groups is 1. The standard InChI is InChI=1S/C18H22N2O4/c1-23-16-8-7-14-10-13(5-6-15(14)11-16)12-20-18(22)19-9-3-4-17(21)24-2/h5-8,10-11H,3-4,9,12H2,1-2H3,(H2,19,20,22). The van der Waals surface area contributed by atoms with Crippen molar-refractivity contribution in [1.29, 1.82) is 0 Å². The van der Waals surface area contributed by atoms with Crippen molar-refractivity contribution in [1.82, 2.24) is 10.6 Å². The van der Waals surface area contributed by atoms with Gasteiger partial charge in [-0.15, -0.1) is 0 Å². The maximum Gasteiger partial charge on any atom is 0.315 e. The van der Waals surface area contributed by atoms with Gasteiger partial charge in [-0.2, -0.15) is 0 Å². The molecular formula is C18H22N2O4. The number of rotatable bonds is 7. The summed E-state index contributed by atoms with van der Waals surface area (Å²) >= 11 is 0. The van der Waals surface area contributed by atoms with Crippen molar-refractivity contribution in [2.24, 2.45) is 0 Å². The third-order valence-electron chi connectivity index (χ3n) is 3.64. The maximum absolute atomic E-state index is 11.7. The van der Waals surface area contributed by atoms with Crippen LogP contribution < -0.4 is 15.4 Å². The summed E-state index contributed by atoms with van der Waals surface area (Å²) in [6, 6.07) is 11.6. The highest BCUT2D eigenvalue weighted by Gasteiger charge is 2.04. The van der Waals surface area contributed by atoms with Crippen LogP contribution in [0.2, 0.25) is 0 Å². The Morgan fingerprint density at radius 3 is 2.50 bits per heavy atom. The Morgan fingerprint density at radius 1 is 1.00 bits per heavy atom. The second-order valence-corrected chi connectivity index (χ2v) is 5.34. The number of amides is 2. The van der Waals surface area contributed by atoms with Crippen LogP contribution in [-0.4, -0.2) is 32.8 Å². The molecule has 0 saturated heterocycles. The molecule has 6 nitrogen and oxygen atoms in total. The summed E-state index contributed by atoms with van der Waals surface area (Å²) < 4.78 is 9.74. The van der Waals surface area contributed by atoms with Gasteiger partial charge >= 0.3 is 12.0 Å². The summed E-state index contributed by atoms with van der Waals surface area (Å²) in [6.07, 6.45) is 0.850. The Morgan fingerprint density at radius 2 is 1.75 bits per heavy atom. The maximum atomic E-state index is 11.7. The van der Waals surface area contributed by atoms with Gasteiger partial charge in [-0.1, -0.05) is 18.2 Å². The lowest BCUT2D eigenvalue weighted by molar-refractivity contribution is -0.140. The predicted octanol–water partition coefficient (Wildman–Crippen LogP) is 2.60. The van der Waals surface area contributed by atoms with E-state index >= 15 is 0 Å². The summed E-state index contributed by atoms with van der Waals surface area (Å²) in [5, 5.41) is 7.69. The molecule has 0 aliphatic rings. The number of fused-ring (bicyclic) bond motifs is 1. The summed E-state index contributed by atoms with van der Waals surface area (Å²) in [7, 11) is 2.99. The largest absolute Gasteiger partial charge is 0.497 e. The fourth-order valence-electron chi connectivity index (χ4n) is 2.29. The number of nitrogens with one attached hydrogen (secondary N) is 2. The first-order valence-corrected chi connectivity index (χ1v) is 7.77. The molecule has 2 rings (SSSR count). The lowest BCUT2D eigenvalue weighted by Gasteiger charge is -2.09. The molecule has 0 spiro atoms. The number of ether oxygens (including phenoxy) is 2. The molecule has 0 aromatic heterocycles. The van der Waals surface area contributed by atoms with Gasteiger partial charge in [0.1, 0.15) is 5.75 Å². The molecule has 24 heavy (non-hydrogen) atoms. The fraction of sp³-hybridized carbons (Fsp3) is 0.333. The minimum absolute atomic E-state index is 0.255. The Hall–Kier alpha value is -2.76. The van der Waals surface area contributed by atoms with E-state index in [9.17, 15) is 9.59 Å². The number of hydrogen-bond donors (Lipinski definition) is 2. The molecule has 0 unspecified atom stereocenters. The van der Waals surface area contributed by atoms with Crippen molar-refractivity contribution in [2.75, 3.05) is 20.8 Å². The average Bonchev–Trinajstić information content (AvgIpc) is 2.62. The summed E-state index contributed by atoms with van der Waals surface area (Å²) in [5.41, 5.74) is 1.01. The second-order valence-electron chi connectivity index (χ2n) is 5.34. The van der Waals surface area contributed by atoms with E-state index in [-0.39, 0.29) is 12.0 Å². The van der Waals surface area contributed by atoms with Gasteiger partial charge in [0, 0.05) is 19.5 Å². The van der Waals surface area contributed by atoms with E-state index in [0.717, 1.165) is 22.1 Å². The van der Waals surface area contributed by atoms with Crippen LogP contribution in [0, 0.1) is 0 Å². The number of carbonyl (C=O) groups is 2. The minimum atomic E-state index is -0.273. The Labute approximate surface area is 141 Å². The molecule has 2 aromatic rings. The van der Waals surface area contributed by atoms with Crippen molar-refractivity contribution >= 4 is 22.8 Å². The summed E-state index contributed by atoms with van der Waals surface area (Å²) in [5.74, 6) is 0.546. The SMILES string of the molecule is COC(=O)CCCNC(=O)NCc1ccc2cc(OC)ccc2c1. The number of hydrogen-bond acceptors (Lipinski definition) is 4. The molecule has 2 amide bonds. The van der Waals surface area contributed by atoms with Crippen molar-refractivity contribution in [3.05, 3.63) is 42.0 Å². The number of benzene rings is 2. The third-order valence-corrected chi connectivity index (χ3v) is 3.64. The number of methoxy groups -OCH3 is 2. The first-order chi connectivity index (χ1) is 11.6. The van der Waals surface area contributed by atoms with Gasteiger partial charge in [-0.05, 0) is 41.0 Å². The molecule has 0 saturated carbocycles. The highest BCUT2D eigenvalue weighted by molar-refractivity contribution is 5.84. The van der Waals surface area contributed by atoms with Gasteiger partial charge < -0.3 is 20.1 Å². The molecule has 0 aliphatic carbocycles. The van der Waals surface area contributed by atoms with Crippen molar-refractivity contribution in [2.45, 2.75) is 19.4 Å². The monoisotopic (exact) mass is 330 g/mol. The Balaban J connectivity index is 1.80. The molecule has 6 heteroatoms. The van der Waals surface area contributed by atoms with Gasteiger partial charge in [-0.3, -0.25) is 4.79 Å². The molecule has 2 aromatic carbocycles. The van der Waals surface area contributed by atoms with E-state index in [1.165, 1.54) is 7.11 Å². The molecule has 128 valence electrons. The van der Waals surface area contributed by atoms with E-state index in [1.807, 2.05) is 36.4 Å². The lowest BCUT2D eigenvalue weighted by Crippen LogP contribution is -2.35. The zero-order chi connectivity index (χ0) is 17.4. The van der Waals surface area contributed by atoms with Gasteiger partial charge in [0.15, 0.2) is 0 Å². The molecular weight excluding hydrogens is 308 g/mol. The zero-order valence-corrected chi connectivity index (χ0v) is 13.9. The normalized spacial score (nSPS) is 10.2. The molecule has 0 atom stereocenters. The van der Waals surface area contributed by atoms with E-state index in [2.05, 4.69) is 15.4 Å². The van der Waals surface area contributed by atoms with Crippen molar-refractivity contribution in [3.8, 4) is 5.75 Å². The topological polar surface area (TPSA) is 76.7 Å². The van der Waals surface area contributed by atoms with E-state index in [1.54, 1.807) is 7.11 Å². The molecule has 0 bridgehead atoms. The highest BCUT2D eigenvalue weighted by atomic mass is 16.5. The van der Waals surface area contributed by atoms with Crippen LogP contribution in [0.1, 0.15) is 18.4 Å². The van der Waals surface area contributed by atoms with Crippen molar-refractivity contribution in [3.63, 3.8) is 0 Å². The number of carbonyl (C=O) groups excluding carboxylic acids is 2. The Bertz CT molecular complexity index is 715. The predicted molar refractivity (Wildman–Crippen MR) is 92.0 cm³/mol. The summed E-state index contributed by atoms with van der Waals surface area (Å²) in [4.78, 5) is 22.7. The van der Waals surface area contributed by atoms with Crippen LogP contribution in [0.4, 0.5) is 4.79 Å². The zero-order valence-electron chi connectivity index (χ0n) is 13.9. The minimum Gasteiger partial charge on any atom is -0.497 e. The average molecular weight is 330 g/mol. The molecule has 0 aliphatic heterocycles.